The molecule has 0 radical (unpaired) electrons. The van der Waals surface area contributed by atoms with Crippen LogP contribution in [-0.4, -0.2) is 27.5 Å². The first-order valence-corrected chi connectivity index (χ1v) is 6.89. The van der Waals surface area contributed by atoms with E-state index >= 15 is 0 Å². The van der Waals surface area contributed by atoms with Crippen LogP contribution in [0.3, 0.4) is 0 Å². The van der Waals surface area contributed by atoms with E-state index in [4.69, 9.17) is 0 Å². The van der Waals surface area contributed by atoms with Crippen LogP contribution in [0.15, 0.2) is 5.38 Å². The second-order valence-corrected chi connectivity index (χ2v) is 6.70. The van der Waals surface area contributed by atoms with Gasteiger partial charge in [-0.25, -0.2) is 4.98 Å². The van der Waals surface area contributed by atoms with Gasteiger partial charge >= 0.3 is 5.97 Å². The number of aryl methyl sites for hydroxylation is 1. The number of carboxylic acids is 1. The molecule has 1 amide bonds. The first-order chi connectivity index (χ1) is 8.56. The van der Waals surface area contributed by atoms with E-state index in [1.54, 1.807) is 27.7 Å². The molecule has 0 atom stereocenters. The molecule has 106 valence electrons. The standard InChI is InChI=1S/C13H20N2O3S/c1-8-14-9(7-19-8)6-10(16)15-13(4,5)12(2,3)11(17)18/h7H,6H2,1-5H3,(H,15,16)(H,17,18). The van der Waals surface area contributed by atoms with Crippen molar-refractivity contribution < 1.29 is 14.7 Å². The summed E-state index contributed by atoms with van der Waals surface area (Å²) >= 11 is 1.49. The maximum absolute atomic E-state index is 12.0. The average molecular weight is 284 g/mol. The fourth-order valence-corrected chi connectivity index (χ4v) is 2.08. The summed E-state index contributed by atoms with van der Waals surface area (Å²) < 4.78 is 0. The van der Waals surface area contributed by atoms with Crippen LogP contribution in [0.4, 0.5) is 0 Å². The lowest BCUT2D eigenvalue weighted by Crippen LogP contribution is -2.57. The summed E-state index contributed by atoms with van der Waals surface area (Å²) in [6, 6.07) is 0. The van der Waals surface area contributed by atoms with Crippen LogP contribution in [-0.2, 0) is 16.0 Å². The maximum Gasteiger partial charge on any atom is 0.311 e. The van der Waals surface area contributed by atoms with E-state index < -0.39 is 16.9 Å². The number of hydrogen-bond acceptors (Lipinski definition) is 4. The average Bonchev–Trinajstić information content (AvgIpc) is 2.62. The summed E-state index contributed by atoms with van der Waals surface area (Å²) in [6.45, 7) is 8.51. The Balaban J connectivity index is 2.73. The molecule has 0 spiro atoms. The van der Waals surface area contributed by atoms with Crippen LogP contribution in [0.5, 0.6) is 0 Å². The normalized spacial score (nSPS) is 12.3. The van der Waals surface area contributed by atoms with Crippen LogP contribution in [0.1, 0.15) is 38.4 Å². The van der Waals surface area contributed by atoms with Crippen molar-refractivity contribution in [3.63, 3.8) is 0 Å². The number of aliphatic carboxylic acids is 1. The van der Waals surface area contributed by atoms with Gasteiger partial charge in [0, 0.05) is 10.9 Å². The van der Waals surface area contributed by atoms with E-state index in [0.29, 0.717) is 5.69 Å². The second kappa shape index (κ2) is 5.28. The number of nitrogens with zero attached hydrogens (tertiary/aromatic N) is 1. The lowest BCUT2D eigenvalue weighted by atomic mass is 9.74. The van der Waals surface area contributed by atoms with Gasteiger partial charge in [-0.1, -0.05) is 0 Å². The smallest absolute Gasteiger partial charge is 0.311 e. The molecule has 1 aromatic rings. The number of thiazole rings is 1. The Bertz CT molecular complexity index is 492. The number of carbonyl (C=O) groups excluding carboxylic acids is 1. The number of hydrogen-bond donors (Lipinski definition) is 2. The molecule has 0 bridgehead atoms. The van der Waals surface area contributed by atoms with Crippen LogP contribution >= 0.6 is 11.3 Å². The molecule has 0 aliphatic carbocycles. The molecule has 1 rings (SSSR count). The third kappa shape index (κ3) is 3.53. The fraction of sp³-hybridized carbons (Fsp3) is 0.615. The van der Waals surface area contributed by atoms with Gasteiger partial charge in [-0.2, -0.15) is 0 Å². The highest BCUT2D eigenvalue weighted by molar-refractivity contribution is 7.09. The van der Waals surface area contributed by atoms with Gasteiger partial charge in [0.2, 0.25) is 5.91 Å². The van der Waals surface area contributed by atoms with Crippen molar-refractivity contribution in [2.75, 3.05) is 0 Å². The summed E-state index contributed by atoms with van der Waals surface area (Å²) in [4.78, 5) is 27.4. The van der Waals surface area contributed by atoms with Crippen molar-refractivity contribution in [1.82, 2.24) is 10.3 Å². The molecule has 0 fully saturated rings. The third-order valence-corrected chi connectivity index (χ3v) is 4.38. The van der Waals surface area contributed by atoms with Gasteiger partial charge < -0.3 is 10.4 Å². The molecule has 1 aromatic heterocycles. The first-order valence-electron chi connectivity index (χ1n) is 6.01. The predicted molar refractivity (Wildman–Crippen MR) is 74.2 cm³/mol. The molecule has 0 aliphatic heterocycles. The van der Waals surface area contributed by atoms with Crippen molar-refractivity contribution in [3.05, 3.63) is 16.1 Å². The summed E-state index contributed by atoms with van der Waals surface area (Å²) in [6.07, 6.45) is 0.170. The number of carboxylic acid groups (broad SMARTS) is 1. The van der Waals surface area contributed by atoms with Crippen LogP contribution in [0.25, 0.3) is 0 Å². The van der Waals surface area contributed by atoms with E-state index in [2.05, 4.69) is 10.3 Å². The third-order valence-electron chi connectivity index (χ3n) is 3.56. The number of carbonyl (C=O) groups is 2. The van der Waals surface area contributed by atoms with Gasteiger partial charge in [0.1, 0.15) is 0 Å². The van der Waals surface area contributed by atoms with E-state index in [1.807, 2.05) is 12.3 Å². The minimum Gasteiger partial charge on any atom is -0.481 e. The zero-order chi connectivity index (χ0) is 14.8. The lowest BCUT2D eigenvalue weighted by Gasteiger charge is -2.38. The Morgan fingerprint density at radius 1 is 1.37 bits per heavy atom. The highest BCUT2D eigenvalue weighted by Gasteiger charge is 2.44. The monoisotopic (exact) mass is 284 g/mol. The fourth-order valence-electron chi connectivity index (χ4n) is 1.47. The summed E-state index contributed by atoms with van der Waals surface area (Å²) in [5.41, 5.74) is -1.19. The molecule has 0 unspecified atom stereocenters. The van der Waals surface area contributed by atoms with Crippen molar-refractivity contribution in [2.45, 2.75) is 46.6 Å². The van der Waals surface area contributed by atoms with E-state index in [0.717, 1.165) is 5.01 Å². The maximum atomic E-state index is 12.0. The second-order valence-electron chi connectivity index (χ2n) is 5.64. The molecule has 2 N–H and O–H groups in total. The lowest BCUT2D eigenvalue weighted by molar-refractivity contribution is -0.151. The number of aromatic nitrogens is 1. The van der Waals surface area contributed by atoms with Crippen LogP contribution in [0, 0.1) is 12.3 Å². The molecule has 0 saturated carbocycles. The summed E-state index contributed by atoms with van der Waals surface area (Å²) in [5.74, 6) is -1.16. The predicted octanol–water partition coefficient (Wildman–Crippen LogP) is 2.00. The largest absolute Gasteiger partial charge is 0.481 e. The van der Waals surface area contributed by atoms with Crippen LogP contribution < -0.4 is 5.32 Å². The van der Waals surface area contributed by atoms with Gasteiger partial charge in [-0.3, -0.25) is 9.59 Å². The van der Waals surface area contributed by atoms with Crippen molar-refractivity contribution >= 4 is 23.2 Å². The molecular formula is C13H20N2O3S. The minimum absolute atomic E-state index is 0.170. The zero-order valence-corrected chi connectivity index (χ0v) is 12.7. The van der Waals surface area contributed by atoms with E-state index in [1.165, 1.54) is 11.3 Å². The SMILES string of the molecule is Cc1nc(CC(=O)NC(C)(C)C(C)(C)C(=O)O)cs1. The minimum atomic E-state index is -1.05. The molecule has 0 aliphatic rings. The highest BCUT2D eigenvalue weighted by Crippen LogP contribution is 2.30. The van der Waals surface area contributed by atoms with E-state index in [9.17, 15) is 14.7 Å². The molecule has 6 heteroatoms. The highest BCUT2D eigenvalue weighted by atomic mass is 32.1. The molecule has 5 nitrogen and oxygen atoms in total. The van der Waals surface area contributed by atoms with Gasteiger partial charge in [0.05, 0.1) is 22.5 Å². The van der Waals surface area contributed by atoms with Gasteiger partial charge in [-0.05, 0) is 34.6 Å². The molecule has 0 aromatic carbocycles. The Morgan fingerprint density at radius 3 is 2.37 bits per heavy atom. The number of rotatable bonds is 5. The Kier molecular flexibility index (Phi) is 4.35. The molecule has 1 heterocycles. The van der Waals surface area contributed by atoms with Crippen molar-refractivity contribution in [3.8, 4) is 0 Å². The van der Waals surface area contributed by atoms with Gasteiger partial charge in [0.15, 0.2) is 0 Å². The van der Waals surface area contributed by atoms with Crippen molar-refractivity contribution in [1.29, 1.82) is 0 Å². The summed E-state index contributed by atoms with van der Waals surface area (Å²) in [7, 11) is 0. The van der Waals surface area contributed by atoms with Crippen LogP contribution in [0.2, 0.25) is 0 Å². The quantitative estimate of drug-likeness (QED) is 0.866. The zero-order valence-electron chi connectivity index (χ0n) is 11.9. The first kappa shape index (κ1) is 15.6. The van der Waals surface area contributed by atoms with Crippen molar-refractivity contribution in [2.24, 2.45) is 5.41 Å². The number of amides is 1. The Labute approximate surface area is 117 Å². The Hall–Kier alpha value is -1.43. The van der Waals surface area contributed by atoms with Gasteiger partial charge in [0.25, 0.3) is 0 Å². The Morgan fingerprint density at radius 2 is 1.95 bits per heavy atom. The molecular weight excluding hydrogens is 264 g/mol. The number of nitrogens with one attached hydrogen (secondary N) is 1. The van der Waals surface area contributed by atoms with E-state index in [-0.39, 0.29) is 12.3 Å². The summed E-state index contributed by atoms with van der Waals surface area (Å²) in [5, 5.41) is 14.7. The van der Waals surface area contributed by atoms with Gasteiger partial charge in [-0.15, -0.1) is 11.3 Å². The topological polar surface area (TPSA) is 79.3 Å². The molecule has 19 heavy (non-hydrogen) atoms. The molecule has 0 saturated heterocycles.